The molecule has 0 radical (unpaired) electrons. The fourth-order valence-electron chi connectivity index (χ4n) is 2.79. The van der Waals surface area contributed by atoms with Crippen LogP contribution in [0.3, 0.4) is 0 Å². The van der Waals surface area contributed by atoms with Crippen molar-refractivity contribution >= 4 is 16.9 Å². The Morgan fingerprint density at radius 2 is 2.05 bits per heavy atom. The number of nitrogens with one attached hydrogen (secondary N) is 1. The summed E-state index contributed by atoms with van der Waals surface area (Å²) in [6.07, 6.45) is 2.60. The van der Waals surface area contributed by atoms with Crippen LogP contribution in [0.1, 0.15) is 54.6 Å². The minimum Gasteiger partial charge on any atom is -0.478 e. The molecule has 0 amide bonds. The molecule has 1 aromatic carbocycles. The van der Waals surface area contributed by atoms with Crippen LogP contribution in [-0.4, -0.2) is 39.0 Å². The highest BCUT2D eigenvalue weighted by atomic mass is 16.4. The molecule has 0 aliphatic rings. The van der Waals surface area contributed by atoms with E-state index >= 15 is 0 Å². The third-order valence-electron chi connectivity index (χ3n) is 4.05. The average molecular weight is 305 g/mol. The maximum absolute atomic E-state index is 11.0. The molecule has 0 saturated heterocycles. The fourth-order valence-corrected chi connectivity index (χ4v) is 2.79. The molecule has 0 spiro atoms. The lowest BCUT2D eigenvalue weighted by atomic mass is 9.92. The van der Waals surface area contributed by atoms with Crippen LogP contribution in [0.5, 0.6) is 0 Å². The van der Waals surface area contributed by atoms with Gasteiger partial charge in [0.25, 0.3) is 0 Å². The van der Waals surface area contributed by atoms with Crippen LogP contribution in [-0.2, 0) is 0 Å². The molecular weight excluding hydrogens is 282 g/mol. The average Bonchev–Trinajstić information content (AvgIpc) is 2.92. The summed E-state index contributed by atoms with van der Waals surface area (Å²) in [5.74, 6) is -1.13. The number of carboxylic acids is 1. The quantitative estimate of drug-likeness (QED) is 0.603. The molecule has 0 bridgehead atoms. The van der Waals surface area contributed by atoms with Gasteiger partial charge >= 0.3 is 5.97 Å². The maximum Gasteiger partial charge on any atom is 0.335 e. The number of aliphatic hydroxyl groups is 2. The number of unbranched alkanes of at least 4 members (excludes halogenated alkanes) is 1. The van der Waals surface area contributed by atoms with Gasteiger partial charge in [-0.05, 0) is 36.4 Å². The Morgan fingerprint density at radius 3 is 2.68 bits per heavy atom. The number of aromatic nitrogens is 1. The van der Waals surface area contributed by atoms with Crippen molar-refractivity contribution in [1.82, 2.24) is 4.98 Å². The molecule has 0 aliphatic carbocycles. The van der Waals surface area contributed by atoms with E-state index in [1.807, 2.05) is 6.07 Å². The van der Waals surface area contributed by atoms with Crippen molar-refractivity contribution in [2.24, 2.45) is 0 Å². The lowest BCUT2D eigenvalue weighted by Gasteiger charge is -2.21. The summed E-state index contributed by atoms with van der Waals surface area (Å²) in [5.41, 5.74) is 1.81. The Kier molecular flexibility index (Phi) is 5.57. The Balaban J connectivity index is 2.30. The molecule has 1 aromatic heterocycles. The first-order valence-corrected chi connectivity index (χ1v) is 7.71. The fraction of sp³-hybridized carbons (Fsp3) is 0.471. The van der Waals surface area contributed by atoms with Gasteiger partial charge in [0.1, 0.15) is 0 Å². The van der Waals surface area contributed by atoms with Gasteiger partial charge < -0.3 is 20.3 Å². The number of fused-ring (bicyclic) bond motifs is 1. The van der Waals surface area contributed by atoms with Crippen molar-refractivity contribution in [3.63, 3.8) is 0 Å². The van der Waals surface area contributed by atoms with E-state index in [0.29, 0.717) is 12.8 Å². The van der Waals surface area contributed by atoms with Gasteiger partial charge in [-0.1, -0.05) is 25.8 Å². The first kappa shape index (κ1) is 16.5. The van der Waals surface area contributed by atoms with E-state index in [0.717, 1.165) is 29.4 Å². The first-order chi connectivity index (χ1) is 10.6. The van der Waals surface area contributed by atoms with Crippen molar-refractivity contribution in [1.29, 1.82) is 0 Å². The molecule has 0 saturated carbocycles. The topological polar surface area (TPSA) is 93.6 Å². The van der Waals surface area contributed by atoms with Gasteiger partial charge in [0.15, 0.2) is 0 Å². The Morgan fingerprint density at radius 1 is 1.27 bits per heavy atom. The zero-order valence-corrected chi connectivity index (χ0v) is 12.7. The van der Waals surface area contributed by atoms with Crippen LogP contribution in [0.25, 0.3) is 10.9 Å². The summed E-state index contributed by atoms with van der Waals surface area (Å²) in [6, 6.07) is 6.84. The van der Waals surface area contributed by atoms with Crippen LogP contribution < -0.4 is 0 Å². The highest BCUT2D eigenvalue weighted by Gasteiger charge is 2.22. The van der Waals surface area contributed by atoms with E-state index in [1.165, 1.54) is 0 Å². The van der Waals surface area contributed by atoms with Crippen molar-refractivity contribution in [2.75, 3.05) is 6.61 Å². The summed E-state index contributed by atoms with van der Waals surface area (Å²) in [6.45, 7) is 2.08. The SMILES string of the molecule is CCCCC(O)C(CCO)c1cc2ccc(C(=O)O)cc2[nH]1. The molecular formula is C17H23NO4. The third-order valence-corrected chi connectivity index (χ3v) is 4.05. The lowest BCUT2D eigenvalue weighted by molar-refractivity contribution is 0.0697. The van der Waals surface area contributed by atoms with E-state index in [-0.39, 0.29) is 18.1 Å². The largest absolute Gasteiger partial charge is 0.478 e. The van der Waals surface area contributed by atoms with Crippen molar-refractivity contribution in [3.8, 4) is 0 Å². The predicted molar refractivity (Wildman–Crippen MR) is 85.2 cm³/mol. The Bertz CT molecular complexity index is 635. The van der Waals surface area contributed by atoms with Crippen LogP contribution in [0.15, 0.2) is 24.3 Å². The third kappa shape index (κ3) is 3.67. The number of benzene rings is 1. The van der Waals surface area contributed by atoms with Crippen LogP contribution in [0, 0.1) is 0 Å². The minimum atomic E-state index is -0.965. The number of aliphatic hydroxyl groups excluding tert-OH is 2. The molecule has 2 atom stereocenters. The maximum atomic E-state index is 11.0. The number of hydrogen-bond acceptors (Lipinski definition) is 3. The first-order valence-electron chi connectivity index (χ1n) is 7.71. The van der Waals surface area contributed by atoms with E-state index in [4.69, 9.17) is 5.11 Å². The lowest BCUT2D eigenvalue weighted by Crippen LogP contribution is -2.20. The highest BCUT2D eigenvalue weighted by molar-refractivity contribution is 5.93. The van der Waals surface area contributed by atoms with Crippen LogP contribution in [0.4, 0.5) is 0 Å². The Labute approximate surface area is 129 Å². The van der Waals surface area contributed by atoms with Gasteiger partial charge in [-0.2, -0.15) is 0 Å². The number of rotatable bonds is 8. The molecule has 5 heteroatoms. The number of hydrogen-bond donors (Lipinski definition) is 4. The number of aromatic carboxylic acids is 1. The minimum absolute atomic E-state index is 0.00356. The van der Waals surface area contributed by atoms with Gasteiger partial charge in [0.05, 0.1) is 11.7 Å². The van der Waals surface area contributed by atoms with E-state index in [1.54, 1.807) is 18.2 Å². The second-order valence-corrected chi connectivity index (χ2v) is 5.66. The summed E-state index contributed by atoms with van der Waals surface area (Å²) >= 11 is 0. The molecule has 22 heavy (non-hydrogen) atoms. The van der Waals surface area contributed by atoms with Gasteiger partial charge in [0, 0.05) is 23.7 Å². The van der Waals surface area contributed by atoms with Gasteiger partial charge in [0.2, 0.25) is 0 Å². The predicted octanol–water partition coefficient (Wildman–Crippen LogP) is 2.88. The normalized spacial score (nSPS) is 14.1. The zero-order valence-electron chi connectivity index (χ0n) is 12.7. The van der Waals surface area contributed by atoms with Gasteiger partial charge in [-0.25, -0.2) is 4.79 Å². The van der Waals surface area contributed by atoms with Gasteiger partial charge in [-0.15, -0.1) is 0 Å². The molecule has 0 aliphatic heterocycles. The summed E-state index contributed by atoms with van der Waals surface area (Å²) in [5, 5.41) is 29.6. The Hall–Kier alpha value is -1.85. The van der Waals surface area contributed by atoms with Gasteiger partial charge in [-0.3, -0.25) is 0 Å². The number of H-pyrrole nitrogens is 1. The molecule has 5 nitrogen and oxygen atoms in total. The monoisotopic (exact) mass is 305 g/mol. The molecule has 4 N–H and O–H groups in total. The number of carbonyl (C=O) groups is 1. The summed E-state index contributed by atoms with van der Waals surface area (Å²) in [4.78, 5) is 14.2. The molecule has 2 rings (SSSR count). The number of aromatic amines is 1. The van der Waals surface area contributed by atoms with Crippen molar-refractivity contribution < 1.29 is 20.1 Å². The molecule has 1 heterocycles. The molecule has 120 valence electrons. The summed E-state index contributed by atoms with van der Waals surface area (Å²) in [7, 11) is 0. The number of carboxylic acid groups (broad SMARTS) is 1. The van der Waals surface area contributed by atoms with E-state index < -0.39 is 12.1 Å². The van der Waals surface area contributed by atoms with E-state index in [9.17, 15) is 15.0 Å². The molecule has 0 fully saturated rings. The molecule has 2 unspecified atom stereocenters. The second kappa shape index (κ2) is 7.42. The zero-order chi connectivity index (χ0) is 16.1. The van der Waals surface area contributed by atoms with Crippen LogP contribution in [0.2, 0.25) is 0 Å². The smallest absolute Gasteiger partial charge is 0.335 e. The standard InChI is InChI=1S/C17H23NO4/c1-2-3-4-16(20)13(7-8-19)15-9-11-5-6-12(17(21)22)10-14(11)18-15/h5-6,9-10,13,16,18-20H,2-4,7-8H2,1H3,(H,21,22). The van der Waals surface area contributed by atoms with Crippen molar-refractivity contribution in [2.45, 2.75) is 44.6 Å². The molecule has 2 aromatic rings. The van der Waals surface area contributed by atoms with E-state index in [2.05, 4.69) is 11.9 Å². The highest BCUT2D eigenvalue weighted by Crippen LogP contribution is 2.29. The van der Waals surface area contributed by atoms with Crippen LogP contribution >= 0.6 is 0 Å². The summed E-state index contributed by atoms with van der Waals surface area (Å²) < 4.78 is 0. The second-order valence-electron chi connectivity index (χ2n) is 5.66. The van der Waals surface area contributed by atoms with Crippen molar-refractivity contribution in [3.05, 3.63) is 35.5 Å².